The fraction of sp³-hybridized carbons (Fsp3) is 0.469. The van der Waals surface area contributed by atoms with Gasteiger partial charge >= 0.3 is 5.97 Å². The summed E-state index contributed by atoms with van der Waals surface area (Å²) in [7, 11) is 0. The smallest absolute Gasteiger partial charge is 0.335 e. The third kappa shape index (κ3) is 9.56. The highest BCUT2D eigenvalue weighted by Gasteiger charge is 2.18. The van der Waals surface area contributed by atoms with E-state index in [0.29, 0.717) is 12.4 Å². The van der Waals surface area contributed by atoms with Crippen molar-refractivity contribution in [3.8, 4) is 28.3 Å². The van der Waals surface area contributed by atoms with E-state index in [4.69, 9.17) is 14.2 Å². The molecular weight excluding hydrogens is 476 g/mol. The van der Waals surface area contributed by atoms with Crippen molar-refractivity contribution in [2.75, 3.05) is 13.2 Å². The van der Waals surface area contributed by atoms with E-state index in [1.54, 1.807) is 6.92 Å². The Morgan fingerprint density at radius 1 is 0.789 bits per heavy atom. The first-order valence-corrected chi connectivity index (χ1v) is 14.0. The SMILES string of the molecule is CCCCCOC(C)C(=O)OC(C)COc1ccc(-c2cnc(-c3ccc(CCCCC)cc3)nc2)cc1. The van der Waals surface area contributed by atoms with Gasteiger partial charge in [-0.15, -0.1) is 0 Å². The lowest BCUT2D eigenvalue weighted by Gasteiger charge is -2.18. The summed E-state index contributed by atoms with van der Waals surface area (Å²) in [6, 6.07) is 16.3. The lowest BCUT2D eigenvalue weighted by molar-refractivity contribution is -0.162. The van der Waals surface area contributed by atoms with E-state index >= 15 is 0 Å². The first-order chi connectivity index (χ1) is 18.5. The zero-order valence-electron chi connectivity index (χ0n) is 23.3. The Labute approximate surface area is 227 Å². The van der Waals surface area contributed by atoms with Crippen molar-refractivity contribution in [3.05, 3.63) is 66.5 Å². The van der Waals surface area contributed by atoms with E-state index in [9.17, 15) is 4.79 Å². The molecule has 6 nitrogen and oxygen atoms in total. The lowest BCUT2D eigenvalue weighted by Crippen LogP contribution is -2.30. The van der Waals surface area contributed by atoms with Crippen LogP contribution in [0.3, 0.4) is 0 Å². The molecule has 0 N–H and O–H groups in total. The first-order valence-electron chi connectivity index (χ1n) is 14.0. The van der Waals surface area contributed by atoms with E-state index in [1.807, 2.05) is 43.6 Å². The monoisotopic (exact) mass is 518 g/mol. The van der Waals surface area contributed by atoms with Gasteiger partial charge in [-0.25, -0.2) is 14.8 Å². The van der Waals surface area contributed by atoms with Gasteiger partial charge in [0.2, 0.25) is 0 Å². The van der Waals surface area contributed by atoms with Crippen molar-refractivity contribution in [2.45, 2.75) is 84.8 Å². The molecule has 0 aliphatic rings. The second-order valence-electron chi connectivity index (χ2n) is 9.75. The molecule has 0 fully saturated rings. The van der Waals surface area contributed by atoms with Gasteiger partial charge in [0.1, 0.15) is 18.5 Å². The summed E-state index contributed by atoms with van der Waals surface area (Å²) >= 11 is 0. The van der Waals surface area contributed by atoms with E-state index < -0.39 is 6.10 Å². The van der Waals surface area contributed by atoms with Crippen LogP contribution in [0.4, 0.5) is 0 Å². The molecule has 2 atom stereocenters. The molecule has 2 unspecified atom stereocenters. The Bertz CT molecular complexity index is 1080. The minimum atomic E-state index is -0.572. The number of rotatable bonds is 16. The third-order valence-corrected chi connectivity index (χ3v) is 6.37. The van der Waals surface area contributed by atoms with Crippen molar-refractivity contribution in [1.82, 2.24) is 9.97 Å². The molecule has 3 aromatic rings. The Kier molecular flexibility index (Phi) is 12.2. The van der Waals surface area contributed by atoms with Crippen molar-refractivity contribution in [2.24, 2.45) is 0 Å². The van der Waals surface area contributed by atoms with Crippen LogP contribution < -0.4 is 4.74 Å². The molecular formula is C32H42N2O4. The van der Waals surface area contributed by atoms with Gasteiger partial charge in [0.15, 0.2) is 11.9 Å². The zero-order valence-corrected chi connectivity index (χ0v) is 23.3. The van der Waals surface area contributed by atoms with Crippen molar-refractivity contribution >= 4 is 5.97 Å². The summed E-state index contributed by atoms with van der Waals surface area (Å²) in [5, 5.41) is 0. The van der Waals surface area contributed by atoms with Gasteiger partial charge < -0.3 is 14.2 Å². The van der Waals surface area contributed by atoms with Crippen LogP contribution in [-0.2, 0) is 20.7 Å². The Morgan fingerprint density at radius 3 is 2.08 bits per heavy atom. The van der Waals surface area contributed by atoms with Gasteiger partial charge in [0.05, 0.1) is 0 Å². The summed E-state index contributed by atoms with van der Waals surface area (Å²) in [6.07, 6.45) is 10.8. The number of benzene rings is 2. The van der Waals surface area contributed by atoms with Crippen molar-refractivity contribution < 1.29 is 19.0 Å². The number of carbonyl (C=O) groups excluding carboxylic acids is 1. The Balaban J connectivity index is 1.46. The third-order valence-electron chi connectivity index (χ3n) is 6.37. The number of unbranched alkanes of at least 4 members (excludes halogenated alkanes) is 4. The van der Waals surface area contributed by atoms with Crippen LogP contribution in [0.1, 0.15) is 71.8 Å². The maximum atomic E-state index is 12.2. The minimum absolute atomic E-state index is 0.267. The zero-order chi connectivity index (χ0) is 27.2. The minimum Gasteiger partial charge on any atom is -0.490 e. The van der Waals surface area contributed by atoms with Crippen LogP contribution >= 0.6 is 0 Å². The van der Waals surface area contributed by atoms with E-state index in [-0.39, 0.29) is 18.7 Å². The summed E-state index contributed by atoms with van der Waals surface area (Å²) in [6.45, 7) is 8.73. The number of hydrogen-bond acceptors (Lipinski definition) is 6. The summed E-state index contributed by atoms with van der Waals surface area (Å²) in [4.78, 5) is 21.4. The summed E-state index contributed by atoms with van der Waals surface area (Å²) < 4.78 is 16.8. The topological polar surface area (TPSA) is 70.5 Å². The second-order valence-corrected chi connectivity index (χ2v) is 9.75. The number of esters is 1. The molecule has 1 heterocycles. The molecule has 2 aromatic carbocycles. The van der Waals surface area contributed by atoms with Crippen molar-refractivity contribution in [1.29, 1.82) is 0 Å². The van der Waals surface area contributed by atoms with Gasteiger partial charge in [-0.3, -0.25) is 0 Å². The first kappa shape index (κ1) is 29.3. The number of hydrogen-bond donors (Lipinski definition) is 0. The maximum absolute atomic E-state index is 12.2. The van der Waals surface area contributed by atoms with Crippen LogP contribution in [0.25, 0.3) is 22.5 Å². The van der Waals surface area contributed by atoms with Gasteiger partial charge in [0.25, 0.3) is 0 Å². The number of aromatic nitrogens is 2. The lowest BCUT2D eigenvalue weighted by atomic mass is 10.0. The molecule has 0 radical (unpaired) electrons. The van der Waals surface area contributed by atoms with Gasteiger partial charge in [-0.05, 0) is 56.4 Å². The molecule has 0 bridgehead atoms. The molecule has 1 aromatic heterocycles. The summed E-state index contributed by atoms with van der Waals surface area (Å²) in [5.74, 6) is 1.06. The average molecular weight is 519 g/mol. The molecule has 0 amide bonds. The molecule has 6 heteroatoms. The number of carbonyl (C=O) groups is 1. The van der Waals surface area contributed by atoms with E-state index in [0.717, 1.165) is 48.2 Å². The Morgan fingerprint density at radius 2 is 1.42 bits per heavy atom. The van der Waals surface area contributed by atoms with Crippen molar-refractivity contribution in [3.63, 3.8) is 0 Å². The number of nitrogens with zero attached hydrogens (tertiary/aromatic N) is 2. The molecule has 0 spiro atoms. The second kappa shape index (κ2) is 15.9. The maximum Gasteiger partial charge on any atom is 0.335 e. The predicted molar refractivity (Wildman–Crippen MR) is 152 cm³/mol. The van der Waals surface area contributed by atoms with Gasteiger partial charge in [-0.2, -0.15) is 0 Å². The number of aryl methyl sites for hydroxylation is 1. The van der Waals surface area contributed by atoms with Gasteiger partial charge in [-0.1, -0.05) is 75.9 Å². The average Bonchev–Trinajstić information content (AvgIpc) is 2.95. The van der Waals surface area contributed by atoms with Crippen LogP contribution in [0, 0.1) is 0 Å². The largest absolute Gasteiger partial charge is 0.490 e. The molecule has 0 aliphatic carbocycles. The molecule has 38 heavy (non-hydrogen) atoms. The molecule has 0 saturated heterocycles. The van der Waals surface area contributed by atoms with Crippen LogP contribution in [0.15, 0.2) is 60.9 Å². The van der Waals surface area contributed by atoms with Crippen LogP contribution in [-0.4, -0.2) is 41.4 Å². The highest BCUT2D eigenvalue weighted by Crippen LogP contribution is 2.23. The fourth-order valence-electron chi connectivity index (χ4n) is 3.99. The highest BCUT2D eigenvalue weighted by atomic mass is 16.6. The predicted octanol–water partition coefficient (Wildman–Crippen LogP) is 7.45. The van der Waals surface area contributed by atoms with Gasteiger partial charge in [0, 0.05) is 30.1 Å². The molecule has 0 saturated carbocycles. The van der Waals surface area contributed by atoms with E-state index in [2.05, 4.69) is 48.1 Å². The highest BCUT2D eigenvalue weighted by molar-refractivity contribution is 5.74. The fourth-order valence-corrected chi connectivity index (χ4v) is 3.99. The van der Waals surface area contributed by atoms with E-state index in [1.165, 1.54) is 24.8 Å². The molecule has 3 rings (SSSR count). The normalized spacial score (nSPS) is 12.6. The standard InChI is InChI=1S/C32H42N2O4/c1-5-7-9-11-26-12-14-28(15-13-26)31-33-21-29(22-34-31)27-16-18-30(19-17-27)37-23-24(3)38-32(35)25(4)36-20-10-8-6-2/h12-19,21-22,24-25H,5-11,20,23H2,1-4H3. The molecule has 204 valence electrons. The number of ether oxygens (including phenoxy) is 3. The Hall–Kier alpha value is -3.25. The quantitative estimate of drug-likeness (QED) is 0.145. The molecule has 0 aliphatic heterocycles. The van der Waals surface area contributed by atoms with Crippen LogP contribution in [0.5, 0.6) is 5.75 Å². The summed E-state index contributed by atoms with van der Waals surface area (Å²) in [5.41, 5.74) is 4.32. The van der Waals surface area contributed by atoms with Crippen LogP contribution in [0.2, 0.25) is 0 Å².